The van der Waals surface area contributed by atoms with E-state index >= 15 is 0 Å². The summed E-state index contributed by atoms with van der Waals surface area (Å²) in [6.45, 7) is 6.42. The van der Waals surface area contributed by atoms with Crippen molar-refractivity contribution in [3.05, 3.63) is 29.8 Å². The number of imide groups is 1. The van der Waals surface area contributed by atoms with Crippen LogP contribution in [0.1, 0.15) is 77.2 Å². The number of hydrogen-bond acceptors (Lipinski definition) is 5. The van der Waals surface area contributed by atoms with Gasteiger partial charge in [-0.25, -0.2) is 0 Å². The number of carbonyl (C=O) groups is 3. The standard InChI is InChI=1S/C22H32N2O4/c1-22(2,3)28-20(26)13-5-4-6-14-23-17-10-7-9-16(15-17)18-11-8-12-19(25)24-21(18)27/h7,9-10,15,18,23H,4-6,8,11-14H2,1-3H3,(H,24,25,27). The summed E-state index contributed by atoms with van der Waals surface area (Å²) in [5.74, 6) is -0.815. The van der Waals surface area contributed by atoms with Crippen molar-refractivity contribution in [3.63, 3.8) is 0 Å². The molecular weight excluding hydrogens is 356 g/mol. The third-order valence-corrected chi connectivity index (χ3v) is 4.57. The zero-order valence-electron chi connectivity index (χ0n) is 17.2. The van der Waals surface area contributed by atoms with Gasteiger partial charge in [0.25, 0.3) is 0 Å². The Hall–Kier alpha value is -2.37. The van der Waals surface area contributed by atoms with Crippen LogP contribution in [0.3, 0.4) is 0 Å². The predicted octanol–water partition coefficient (Wildman–Crippen LogP) is 3.91. The van der Waals surface area contributed by atoms with Crippen molar-refractivity contribution in [2.24, 2.45) is 0 Å². The summed E-state index contributed by atoms with van der Waals surface area (Å²) in [7, 11) is 0. The van der Waals surface area contributed by atoms with E-state index in [-0.39, 0.29) is 23.7 Å². The Bertz CT molecular complexity index is 694. The second-order valence-electron chi connectivity index (χ2n) is 8.31. The fourth-order valence-electron chi connectivity index (χ4n) is 3.26. The van der Waals surface area contributed by atoms with Crippen molar-refractivity contribution in [2.75, 3.05) is 11.9 Å². The van der Waals surface area contributed by atoms with Gasteiger partial charge in [0.05, 0.1) is 5.92 Å². The Morgan fingerprint density at radius 3 is 2.75 bits per heavy atom. The largest absolute Gasteiger partial charge is 0.460 e. The molecule has 2 rings (SSSR count). The number of unbranched alkanes of at least 4 members (excludes halogenated alkanes) is 2. The number of nitrogens with one attached hydrogen (secondary N) is 2. The molecule has 1 aliphatic rings. The zero-order valence-corrected chi connectivity index (χ0v) is 17.2. The molecule has 1 saturated heterocycles. The van der Waals surface area contributed by atoms with Crippen molar-refractivity contribution in [1.29, 1.82) is 0 Å². The maximum atomic E-state index is 12.2. The third-order valence-electron chi connectivity index (χ3n) is 4.57. The molecule has 154 valence electrons. The Morgan fingerprint density at radius 2 is 2.00 bits per heavy atom. The average Bonchev–Trinajstić information content (AvgIpc) is 2.76. The van der Waals surface area contributed by atoms with E-state index in [0.717, 1.165) is 43.5 Å². The lowest BCUT2D eigenvalue weighted by Gasteiger charge is -2.19. The lowest BCUT2D eigenvalue weighted by atomic mass is 9.93. The molecule has 0 radical (unpaired) electrons. The molecule has 0 aromatic heterocycles. The van der Waals surface area contributed by atoms with E-state index < -0.39 is 5.60 Å². The maximum Gasteiger partial charge on any atom is 0.306 e. The van der Waals surface area contributed by atoms with Crippen LogP contribution in [0.2, 0.25) is 0 Å². The highest BCUT2D eigenvalue weighted by Gasteiger charge is 2.25. The number of ether oxygens (including phenoxy) is 1. The van der Waals surface area contributed by atoms with Gasteiger partial charge in [0.15, 0.2) is 0 Å². The van der Waals surface area contributed by atoms with Gasteiger partial charge in [0.2, 0.25) is 11.8 Å². The molecule has 1 aromatic carbocycles. The molecule has 1 heterocycles. The number of anilines is 1. The molecule has 0 spiro atoms. The van der Waals surface area contributed by atoms with E-state index in [1.165, 1.54) is 0 Å². The summed E-state index contributed by atoms with van der Waals surface area (Å²) < 4.78 is 5.30. The third kappa shape index (κ3) is 7.71. The molecule has 2 amide bonds. The second kappa shape index (κ2) is 10.2. The van der Waals surface area contributed by atoms with E-state index in [1.54, 1.807) is 0 Å². The summed E-state index contributed by atoms with van der Waals surface area (Å²) in [6, 6.07) is 7.83. The molecule has 0 bridgehead atoms. The van der Waals surface area contributed by atoms with Gasteiger partial charge in [0.1, 0.15) is 5.60 Å². The van der Waals surface area contributed by atoms with Gasteiger partial charge in [0, 0.05) is 25.1 Å². The fourth-order valence-corrected chi connectivity index (χ4v) is 3.26. The molecular formula is C22H32N2O4. The van der Waals surface area contributed by atoms with Crippen LogP contribution in [0, 0.1) is 0 Å². The van der Waals surface area contributed by atoms with Gasteiger partial charge in [-0.1, -0.05) is 18.6 Å². The van der Waals surface area contributed by atoms with Gasteiger partial charge < -0.3 is 10.1 Å². The van der Waals surface area contributed by atoms with Crippen LogP contribution in [-0.4, -0.2) is 29.9 Å². The molecule has 1 atom stereocenters. The highest BCUT2D eigenvalue weighted by atomic mass is 16.6. The first-order chi connectivity index (χ1) is 13.2. The predicted molar refractivity (Wildman–Crippen MR) is 109 cm³/mol. The van der Waals surface area contributed by atoms with Crippen LogP contribution in [-0.2, 0) is 19.1 Å². The van der Waals surface area contributed by atoms with Crippen molar-refractivity contribution >= 4 is 23.5 Å². The molecule has 28 heavy (non-hydrogen) atoms. The van der Waals surface area contributed by atoms with Crippen molar-refractivity contribution < 1.29 is 19.1 Å². The molecule has 1 aliphatic heterocycles. The minimum Gasteiger partial charge on any atom is -0.460 e. The SMILES string of the molecule is CC(C)(C)OC(=O)CCCCCNc1cccc(C2CCCC(=O)NC2=O)c1. The first-order valence-corrected chi connectivity index (χ1v) is 10.1. The van der Waals surface area contributed by atoms with Gasteiger partial charge >= 0.3 is 5.97 Å². The second-order valence-corrected chi connectivity index (χ2v) is 8.31. The molecule has 6 heteroatoms. The van der Waals surface area contributed by atoms with Crippen molar-refractivity contribution in [1.82, 2.24) is 5.32 Å². The van der Waals surface area contributed by atoms with E-state index in [9.17, 15) is 14.4 Å². The summed E-state index contributed by atoms with van der Waals surface area (Å²) in [5.41, 5.74) is 1.47. The van der Waals surface area contributed by atoms with Crippen LogP contribution in [0.15, 0.2) is 24.3 Å². The van der Waals surface area contributed by atoms with Crippen LogP contribution in [0.25, 0.3) is 0 Å². The summed E-state index contributed by atoms with van der Waals surface area (Å²) in [4.78, 5) is 35.4. The van der Waals surface area contributed by atoms with E-state index in [2.05, 4.69) is 10.6 Å². The maximum absolute atomic E-state index is 12.2. The zero-order chi connectivity index (χ0) is 20.6. The fraction of sp³-hybridized carbons (Fsp3) is 0.591. The summed E-state index contributed by atoms with van der Waals surface area (Å²) in [6.07, 6.45) is 4.96. The van der Waals surface area contributed by atoms with Gasteiger partial charge in [-0.15, -0.1) is 0 Å². The Labute approximate surface area is 167 Å². The first-order valence-electron chi connectivity index (χ1n) is 10.1. The highest BCUT2D eigenvalue weighted by molar-refractivity contribution is 5.99. The molecule has 1 fully saturated rings. The van der Waals surface area contributed by atoms with Gasteiger partial charge in [-0.3, -0.25) is 19.7 Å². The van der Waals surface area contributed by atoms with Crippen LogP contribution >= 0.6 is 0 Å². The Kier molecular flexibility index (Phi) is 8.03. The van der Waals surface area contributed by atoms with E-state index in [0.29, 0.717) is 19.3 Å². The molecule has 0 saturated carbocycles. The quantitative estimate of drug-likeness (QED) is 0.401. The molecule has 6 nitrogen and oxygen atoms in total. The van der Waals surface area contributed by atoms with Crippen LogP contribution < -0.4 is 10.6 Å². The Balaban J connectivity index is 1.74. The molecule has 2 N–H and O–H groups in total. The minimum atomic E-state index is -0.425. The minimum absolute atomic E-state index is 0.145. The van der Waals surface area contributed by atoms with E-state index in [1.807, 2.05) is 45.0 Å². The topological polar surface area (TPSA) is 84.5 Å². The molecule has 1 aromatic rings. The lowest BCUT2D eigenvalue weighted by Crippen LogP contribution is -2.31. The number of esters is 1. The number of carbonyl (C=O) groups excluding carboxylic acids is 3. The lowest BCUT2D eigenvalue weighted by molar-refractivity contribution is -0.155. The highest BCUT2D eigenvalue weighted by Crippen LogP contribution is 2.26. The van der Waals surface area contributed by atoms with Gasteiger partial charge in [-0.05, 0) is 64.2 Å². The molecule has 1 unspecified atom stereocenters. The molecule has 0 aliphatic carbocycles. The normalized spacial score (nSPS) is 17.6. The number of amides is 2. The summed E-state index contributed by atoms with van der Waals surface area (Å²) in [5, 5.41) is 5.84. The van der Waals surface area contributed by atoms with E-state index in [4.69, 9.17) is 4.74 Å². The van der Waals surface area contributed by atoms with Crippen molar-refractivity contribution in [3.8, 4) is 0 Å². The van der Waals surface area contributed by atoms with Crippen molar-refractivity contribution in [2.45, 2.75) is 77.2 Å². The van der Waals surface area contributed by atoms with Gasteiger partial charge in [-0.2, -0.15) is 0 Å². The number of hydrogen-bond donors (Lipinski definition) is 2. The Morgan fingerprint density at radius 1 is 1.21 bits per heavy atom. The average molecular weight is 389 g/mol. The number of benzene rings is 1. The smallest absolute Gasteiger partial charge is 0.306 e. The van der Waals surface area contributed by atoms with Crippen LogP contribution in [0.5, 0.6) is 0 Å². The van der Waals surface area contributed by atoms with Crippen LogP contribution in [0.4, 0.5) is 5.69 Å². The monoisotopic (exact) mass is 388 g/mol. The first kappa shape index (κ1) is 21.9. The summed E-state index contributed by atoms with van der Waals surface area (Å²) >= 11 is 0. The number of rotatable bonds is 8.